The molecule has 9 nitrogen and oxygen atoms in total. The molecule has 1 saturated heterocycles. The minimum absolute atomic E-state index is 0.0000390. The SMILES string of the molecule is CO[C@]12C=C3C(=O)c4c(O)c5c(c(CC=C(C)C)c4O[C@@]34[C@@H](C1)C(C)(C)O[C@@]4(C/C=C(/C)C(=O)O)C2=O)O[C@@](C)(CCC=C(C)C)C=C5. The van der Waals surface area contributed by atoms with Crippen molar-refractivity contribution in [2.24, 2.45) is 5.92 Å². The third-order valence-corrected chi connectivity index (χ3v) is 10.9. The lowest BCUT2D eigenvalue weighted by atomic mass is 9.49. The molecule has 1 saturated carbocycles. The van der Waals surface area contributed by atoms with E-state index in [0.29, 0.717) is 29.7 Å². The van der Waals surface area contributed by atoms with Crippen molar-refractivity contribution in [3.05, 3.63) is 69.4 Å². The van der Waals surface area contributed by atoms with Crippen LogP contribution in [0.2, 0.25) is 0 Å². The van der Waals surface area contributed by atoms with E-state index in [1.165, 1.54) is 25.7 Å². The Balaban J connectivity index is 1.63. The first-order valence-corrected chi connectivity index (χ1v) is 16.6. The van der Waals surface area contributed by atoms with Gasteiger partial charge in [-0.05, 0) is 99.3 Å². The zero-order valence-corrected chi connectivity index (χ0v) is 29.3. The van der Waals surface area contributed by atoms with Crippen molar-refractivity contribution < 1.29 is 43.5 Å². The van der Waals surface area contributed by atoms with E-state index in [4.69, 9.17) is 18.9 Å². The van der Waals surface area contributed by atoms with Crippen molar-refractivity contribution in [2.45, 2.75) is 115 Å². The summed E-state index contributed by atoms with van der Waals surface area (Å²) >= 11 is 0. The number of carboxylic acids is 1. The number of carbonyl (C=O) groups is 3. The van der Waals surface area contributed by atoms with E-state index in [2.05, 4.69) is 19.9 Å². The van der Waals surface area contributed by atoms with E-state index >= 15 is 0 Å². The average molecular weight is 659 g/mol. The molecule has 1 aromatic rings. The lowest BCUT2D eigenvalue weighted by Gasteiger charge is -2.59. The van der Waals surface area contributed by atoms with Crippen LogP contribution in [0.3, 0.4) is 0 Å². The standard InChI is InChI=1S/C39H46O9/c1-21(2)11-10-16-36(8)17-15-24-29(40)28-30(41)26-19-37(45-9)20-27-35(6,7)48-38(34(37)44,18-14-23(5)33(42)43)39(26,27)47-32(28)25(31(24)46-36)13-12-22(3)4/h11-12,14-15,17,19,27,40H,10,13,16,18,20H2,1-9H3,(H,42,43)/b23-14-/t27-,36-,37+,38-,39+/m0/s1. The normalized spacial score (nSPS) is 32.0. The fraction of sp³-hybridized carbons (Fsp3) is 0.513. The van der Waals surface area contributed by atoms with Crippen molar-refractivity contribution in [2.75, 3.05) is 7.11 Å². The van der Waals surface area contributed by atoms with Gasteiger partial charge in [0.15, 0.2) is 17.0 Å². The summed E-state index contributed by atoms with van der Waals surface area (Å²) in [5.74, 6) is -2.25. The maximum absolute atomic E-state index is 14.9. The molecule has 0 unspecified atom stereocenters. The topological polar surface area (TPSA) is 129 Å². The van der Waals surface area contributed by atoms with Crippen LogP contribution in [0.25, 0.3) is 6.08 Å². The van der Waals surface area contributed by atoms with Crippen LogP contribution in [0.5, 0.6) is 17.2 Å². The first-order valence-electron chi connectivity index (χ1n) is 16.6. The molecule has 2 N–H and O–H groups in total. The van der Waals surface area contributed by atoms with Crippen LogP contribution in [0.4, 0.5) is 0 Å². The first kappa shape index (κ1) is 33.9. The number of ketones is 2. The van der Waals surface area contributed by atoms with Crippen LogP contribution < -0.4 is 9.47 Å². The molecule has 9 heteroatoms. The molecular formula is C39H46O9. The Morgan fingerprint density at radius 2 is 1.71 bits per heavy atom. The first-order chi connectivity index (χ1) is 22.4. The summed E-state index contributed by atoms with van der Waals surface area (Å²) in [5, 5.41) is 21.6. The predicted octanol–water partition coefficient (Wildman–Crippen LogP) is 7.01. The predicted molar refractivity (Wildman–Crippen MR) is 181 cm³/mol. The van der Waals surface area contributed by atoms with Crippen LogP contribution >= 0.6 is 0 Å². The quantitative estimate of drug-likeness (QED) is 0.213. The molecule has 3 aliphatic heterocycles. The number of benzene rings is 1. The molecular weight excluding hydrogens is 612 g/mol. The number of fused-ring (bicyclic) bond motifs is 2. The number of allylic oxidation sites excluding steroid dienone is 4. The summed E-state index contributed by atoms with van der Waals surface area (Å²) < 4.78 is 26.6. The van der Waals surface area contributed by atoms with E-state index < -0.39 is 51.5 Å². The van der Waals surface area contributed by atoms with Gasteiger partial charge in [0.1, 0.15) is 34.0 Å². The van der Waals surface area contributed by atoms with E-state index in [-0.39, 0.29) is 41.1 Å². The van der Waals surface area contributed by atoms with Gasteiger partial charge in [0.2, 0.25) is 5.78 Å². The average Bonchev–Trinajstić information content (AvgIpc) is 3.16. The molecule has 3 aliphatic carbocycles. The number of aromatic hydroxyl groups is 1. The molecule has 4 bridgehead atoms. The maximum atomic E-state index is 14.9. The minimum atomic E-state index is -1.79. The van der Waals surface area contributed by atoms with Gasteiger partial charge in [0.25, 0.3) is 0 Å². The fourth-order valence-electron chi connectivity index (χ4n) is 8.38. The summed E-state index contributed by atoms with van der Waals surface area (Å²) in [4.78, 5) is 41.5. The van der Waals surface area contributed by atoms with E-state index in [1.54, 1.807) is 6.08 Å². The van der Waals surface area contributed by atoms with Crippen molar-refractivity contribution in [3.8, 4) is 17.2 Å². The highest BCUT2D eigenvalue weighted by Crippen LogP contribution is 2.70. The smallest absolute Gasteiger partial charge is 0.330 e. The zero-order valence-electron chi connectivity index (χ0n) is 29.3. The van der Waals surface area contributed by atoms with Crippen molar-refractivity contribution in [3.63, 3.8) is 0 Å². The van der Waals surface area contributed by atoms with Gasteiger partial charge in [0.05, 0.1) is 11.2 Å². The maximum Gasteiger partial charge on any atom is 0.330 e. The number of aliphatic carboxylic acids is 1. The summed E-state index contributed by atoms with van der Waals surface area (Å²) in [6, 6.07) is 0. The van der Waals surface area contributed by atoms with Gasteiger partial charge >= 0.3 is 5.97 Å². The number of phenolic OH excluding ortho intramolecular Hbond substituents is 1. The number of phenols is 1. The monoisotopic (exact) mass is 658 g/mol. The van der Waals surface area contributed by atoms with Crippen LogP contribution in [0, 0.1) is 5.92 Å². The molecule has 256 valence electrons. The minimum Gasteiger partial charge on any atom is -0.506 e. The second kappa shape index (κ2) is 11.0. The zero-order chi connectivity index (χ0) is 35.2. The van der Waals surface area contributed by atoms with Crippen LogP contribution in [-0.2, 0) is 25.5 Å². The molecule has 1 spiro atoms. The van der Waals surface area contributed by atoms with Gasteiger partial charge in [-0.15, -0.1) is 0 Å². The highest BCUT2D eigenvalue weighted by Gasteiger charge is 2.84. The summed E-state index contributed by atoms with van der Waals surface area (Å²) in [5.41, 5.74) is -3.15. The highest BCUT2D eigenvalue weighted by atomic mass is 16.6. The fourth-order valence-corrected chi connectivity index (χ4v) is 8.38. The third kappa shape index (κ3) is 4.60. The third-order valence-electron chi connectivity index (χ3n) is 10.9. The van der Waals surface area contributed by atoms with E-state index in [1.807, 2.05) is 52.8 Å². The molecule has 48 heavy (non-hydrogen) atoms. The number of methoxy groups -OCH3 is 1. The number of hydrogen-bond acceptors (Lipinski definition) is 8. The summed E-state index contributed by atoms with van der Waals surface area (Å²) in [7, 11) is 1.43. The Kier molecular flexibility index (Phi) is 7.80. The van der Waals surface area contributed by atoms with Gasteiger partial charge in [-0.3, -0.25) is 9.59 Å². The molecule has 0 amide bonds. The molecule has 0 radical (unpaired) electrons. The molecule has 0 aromatic heterocycles. The van der Waals surface area contributed by atoms with Crippen molar-refractivity contribution in [1.82, 2.24) is 0 Å². The molecule has 1 aromatic carbocycles. The van der Waals surface area contributed by atoms with Crippen LogP contribution in [0.1, 0.15) is 103 Å². The van der Waals surface area contributed by atoms with Crippen molar-refractivity contribution >= 4 is 23.6 Å². The number of Topliss-reactive ketones (excluding diaryl/α,β-unsaturated/α-hetero) is 2. The summed E-state index contributed by atoms with van der Waals surface area (Å²) in [6.45, 7) is 15.2. The van der Waals surface area contributed by atoms with Crippen molar-refractivity contribution in [1.29, 1.82) is 0 Å². The molecule has 6 aliphatic rings. The number of carbonyl (C=O) groups excluding carboxylic acids is 2. The largest absolute Gasteiger partial charge is 0.506 e. The number of carboxylic acid groups (broad SMARTS) is 1. The van der Waals surface area contributed by atoms with Gasteiger partial charge in [0, 0.05) is 36.2 Å². The second-order valence-electron chi connectivity index (χ2n) is 15.2. The van der Waals surface area contributed by atoms with Gasteiger partial charge in [-0.25, -0.2) is 4.79 Å². The Bertz CT molecular complexity index is 1800. The summed E-state index contributed by atoms with van der Waals surface area (Å²) in [6.07, 6.45) is 12.8. The highest BCUT2D eigenvalue weighted by molar-refractivity contribution is 6.20. The lowest BCUT2D eigenvalue weighted by molar-refractivity contribution is -0.190. The second-order valence-corrected chi connectivity index (χ2v) is 15.2. The van der Waals surface area contributed by atoms with E-state index in [9.17, 15) is 24.6 Å². The Morgan fingerprint density at radius 3 is 2.33 bits per heavy atom. The van der Waals surface area contributed by atoms with Gasteiger partial charge in [-0.2, -0.15) is 0 Å². The van der Waals surface area contributed by atoms with Gasteiger partial charge < -0.3 is 29.2 Å². The molecule has 7 rings (SSSR count). The molecule has 3 heterocycles. The van der Waals surface area contributed by atoms with Crippen LogP contribution in [-0.4, -0.2) is 62.9 Å². The van der Waals surface area contributed by atoms with E-state index in [0.717, 1.165) is 12.0 Å². The van der Waals surface area contributed by atoms with Gasteiger partial charge in [-0.1, -0.05) is 29.4 Å². The Morgan fingerprint density at radius 1 is 1.02 bits per heavy atom. The lowest BCUT2D eigenvalue weighted by Crippen LogP contribution is -2.77. The molecule has 2 fully saturated rings. The Labute approximate surface area is 282 Å². The number of rotatable bonds is 9. The Hall–Kier alpha value is -3.95. The van der Waals surface area contributed by atoms with Crippen LogP contribution in [0.15, 0.2) is 52.7 Å². The molecule has 5 atom stereocenters. The number of ether oxygens (including phenoxy) is 4. The number of hydrogen-bond donors (Lipinski definition) is 2.